The minimum atomic E-state index is -0.915. The van der Waals surface area contributed by atoms with Crippen LogP contribution in [0.15, 0.2) is 28.7 Å². The van der Waals surface area contributed by atoms with E-state index in [-0.39, 0.29) is 18.5 Å². The standard InChI is InChI=1S/C17H22BrNO4/c1-12-7-9-17(10-8-12,16(21)22-2)19-15(20)11-23-14-5-3-13(18)4-6-14/h3-6,12H,7-11H2,1-2H3,(H,19,20). The number of nitrogens with one attached hydrogen (secondary N) is 1. The van der Waals surface area contributed by atoms with Crippen LogP contribution in [0.4, 0.5) is 0 Å². The van der Waals surface area contributed by atoms with Crippen molar-refractivity contribution in [1.29, 1.82) is 0 Å². The molecule has 1 saturated carbocycles. The minimum Gasteiger partial charge on any atom is -0.484 e. The SMILES string of the molecule is COC(=O)C1(NC(=O)COc2ccc(Br)cc2)CCC(C)CC1. The number of hydrogen-bond donors (Lipinski definition) is 1. The van der Waals surface area contributed by atoms with Gasteiger partial charge in [0, 0.05) is 4.47 Å². The van der Waals surface area contributed by atoms with Gasteiger partial charge in [-0.15, -0.1) is 0 Å². The summed E-state index contributed by atoms with van der Waals surface area (Å²) in [4.78, 5) is 24.4. The van der Waals surface area contributed by atoms with Gasteiger partial charge in [-0.25, -0.2) is 4.79 Å². The van der Waals surface area contributed by atoms with E-state index in [2.05, 4.69) is 28.2 Å². The maximum absolute atomic E-state index is 12.2. The van der Waals surface area contributed by atoms with Crippen molar-refractivity contribution < 1.29 is 19.1 Å². The molecule has 0 spiro atoms. The molecule has 0 heterocycles. The summed E-state index contributed by atoms with van der Waals surface area (Å²) in [7, 11) is 1.35. The van der Waals surface area contributed by atoms with Gasteiger partial charge in [0.05, 0.1) is 7.11 Å². The van der Waals surface area contributed by atoms with Crippen molar-refractivity contribution in [3.05, 3.63) is 28.7 Å². The van der Waals surface area contributed by atoms with E-state index in [1.54, 1.807) is 12.1 Å². The van der Waals surface area contributed by atoms with Crippen LogP contribution in [0.25, 0.3) is 0 Å². The second kappa shape index (κ2) is 7.81. The van der Waals surface area contributed by atoms with Crippen LogP contribution in [0, 0.1) is 5.92 Å². The normalized spacial score (nSPS) is 23.9. The summed E-state index contributed by atoms with van der Waals surface area (Å²) in [6, 6.07) is 7.23. The van der Waals surface area contributed by atoms with Gasteiger partial charge in [0.25, 0.3) is 5.91 Å². The molecule has 1 amide bonds. The van der Waals surface area contributed by atoms with Crippen molar-refractivity contribution in [3.63, 3.8) is 0 Å². The summed E-state index contributed by atoms with van der Waals surface area (Å²) in [6.45, 7) is 2.02. The zero-order valence-electron chi connectivity index (χ0n) is 13.4. The predicted molar refractivity (Wildman–Crippen MR) is 90.2 cm³/mol. The summed E-state index contributed by atoms with van der Waals surface area (Å²) in [5.74, 6) is 0.477. The molecular formula is C17H22BrNO4. The summed E-state index contributed by atoms with van der Waals surface area (Å²) in [5.41, 5.74) is -0.915. The Bertz CT molecular complexity index is 550. The minimum absolute atomic E-state index is 0.129. The highest BCUT2D eigenvalue weighted by Crippen LogP contribution is 2.32. The van der Waals surface area contributed by atoms with Crippen molar-refractivity contribution in [3.8, 4) is 5.75 Å². The number of carbonyl (C=O) groups is 2. The van der Waals surface area contributed by atoms with Crippen LogP contribution < -0.4 is 10.1 Å². The topological polar surface area (TPSA) is 64.6 Å². The predicted octanol–water partition coefficient (Wildman–Crippen LogP) is 3.07. The number of benzene rings is 1. The number of ether oxygens (including phenoxy) is 2. The van der Waals surface area contributed by atoms with Crippen LogP contribution >= 0.6 is 15.9 Å². The first-order valence-corrected chi connectivity index (χ1v) is 8.52. The van der Waals surface area contributed by atoms with Crippen molar-refractivity contribution in [2.24, 2.45) is 5.92 Å². The van der Waals surface area contributed by atoms with Crippen molar-refractivity contribution >= 4 is 27.8 Å². The first-order valence-electron chi connectivity index (χ1n) is 7.73. The third-order valence-corrected chi connectivity index (χ3v) is 4.79. The van der Waals surface area contributed by atoms with Crippen LogP contribution in [0.1, 0.15) is 32.6 Å². The number of amides is 1. The van der Waals surface area contributed by atoms with Crippen molar-refractivity contribution in [2.45, 2.75) is 38.1 Å². The number of esters is 1. The smallest absolute Gasteiger partial charge is 0.331 e. The lowest BCUT2D eigenvalue weighted by Gasteiger charge is -2.37. The third-order valence-electron chi connectivity index (χ3n) is 4.27. The van der Waals surface area contributed by atoms with Gasteiger partial charge in [-0.2, -0.15) is 0 Å². The Kier molecular flexibility index (Phi) is 6.04. The fourth-order valence-corrected chi connectivity index (χ4v) is 3.08. The fourth-order valence-electron chi connectivity index (χ4n) is 2.81. The molecule has 1 aromatic carbocycles. The number of rotatable bonds is 5. The fraction of sp³-hybridized carbons (Fsp3) is 0.529. The first kappa shape index (κ1) is 17.8. The highest BCUT2D eigenvalue weighted by molar-refractivity contribution is 9.10. The van der Waals surface area contributed by atoms with E-state index >= 15 is 0 Å². The molecule has 5 nitrogen and oxygen atoms in total. The Labute approximate surface area is 144 Å². The van der Waals surface area contributed by atoms with E-state index in [1.165, 1.54) is 7.11 Å². The largest absolute Gasteiger partial charge is 0.484 e. The lowest BCUT2D eigenvalue weighted by Crippen LogP contribution is -2.57. The molecule has 1 aliphatic rings. The molecule has 0 bridgehead atoms. The molecule has 1 N–H and O–H groups in total. The van der Waals surface area contributed by atoms with E-state index in [0.717, 1.165) is 17.3 Å². The Balaban J connectivity index is 1.95. The molecule has 6 heteroatoms. The van der Waals surface area contributed by atoms with Crippen LogP contribution in [0.5, 0.6) is 5.75 Å². The molecule has 1 fully saturated rings. The van der Waals surface area contributed by atoms with Crippen molar-refractivity contribution in [1.82, 2.24) is 5.32 Å². The van der Waals surface area contributed by atoms with Gasteiger partial charge in [0.15, 0.2) is 6.61 Å². The zero-order valence-corrected chi connectivity index (χ0v) is 15.0. The third kappa shape index (κ3) is 4.70. The summed E-state index contributed by atoms with van der Waals surface area (Å²) in [5, 5.41) is 2.84. The second-order valence-electron chi connectivity index (χ2n) is 6.05. The number of methoxy groups -OCH3 is 1. The molecule has 0 aromatic heterocycles. The molecule has 0 unspecified atom stereocenters. The van der Waals surface area contributed by atoms with Gasteiger partial charge in [-0.05, 0) is 55.9 Å². The van der Waals surface area contributed by atoms with E-state index in [1.807, 2.05) is 12.1 Å². The Hall–Kier alpha value is -1.56. The summed E-state index contributed by atoms with van der Waals surface area (Å²) in [6.07, 6.45) is 2.99. The van der Waals surface area contributed by atoms with Gasteiger partial charge >= 0.3 is 5.97 Å². The highest BCUT2D eigenvalue weighted by Gasteiger charge is 2.43. The van der Waals surface area contributed by atoms with E-state index in [0.29, 0.717) is 24.5 Å². The number of halogens is 1. The van der Waals surface area contributed by atoms with Gasteiger partial charge in [0.1, 0.15) is 11.3 Å². The molecule has 0 atom stereocenters. The molecule has 126 valence electrons. The monoisotopic (exact) mass is 383 g/mol. The highest BCUT2D eigenvalue weighted by atomic mass is 79.9. The van der Waals surface area contributed by atoms with Crippen molar-refractivity contribution in [2.75, 3.05) is 13.7 Å². The summed E-state index contributed by atoms with van der Waals surface area (Å²) < 4.78 is 11.3. The van der Waals surface area contributed by atoms with E-state index in [4.69, 9.17) is 9.47 Å². The van der Waals surface area contributed by atoms with Gasteiger partial charge < -0.3 is 14.8 Å². The average molecular weight is 384 g/mol. The molecule has 0 saturated heterocycles. The average Bonchev–Trinajstić information content (AvgIpc) is 2.56. The molecule has 1 aliphatic carbocycles. The van der Waals surface area contributed by atoms with Gasteiger partial charge in [-0.1, -0.05) is 22.9 Å². The molecular weight excluding hydrogens is 362 g/mol. The maximum Gasteiger partial charge on any atom is 0.331 e. The van der Waals surface area contributed by atoms with Crippen LogP contribution in [-0.4, -0.2) is 31.1 Å². The maximum atomic E-state index is 12.2. The zero-order chi connectivity index (χ0) is 16.9. The van der Waals surface area contributed by atoms with Crippen LogP contribution in [0.2, 0.25) is 0 Å². The molecule has 2 rings (SSSR count). The lowest BCUT2D eigenvalue weighted by molar-refractivity contribution is -0.153. The van der Waals surface area contributed by atoms with Crippen LogP contribution in [-0.2, 0) is 14.3 Å². The van der Waals surface area contributed by atoms with E-state index < -0.39 is 5.54 Å². The first-order chi connectivity index (χ1) is 10.9. The summed E-state index contributed by atoms with van der Waals surface area (Å²) >= 11 is 3.34. The van der Waals surface area contributed by atoms with E-state index in [9.17, 15) is 9.59 Å². The quantitative estimate of drug-likeness (QED) is 0.793. The Morgan fingerprint density at radius 1 is 1.26 bits per heavy atom. The molecule has 1 aromatic rings. The number of carbonyl (C=O) groups excluding carboxylic acids is 2. The molecule has 0 aliphatic heterocycles. The Morgan fingerprint density at radius 3 is 2.43 bits per heavy atom. The van der Waals surface area contributed by atoms with Gasteiger partial charge in [0.2, 0.25) is 0 Å². The lowest BCUT2D eigenvalue weighted by atomic mass is 9.77. The molecule has 23 heavy (non-hydrogen) atoms. The Morgan fingerprint density at radius 2 is 1.87 bits per heavy atom. The number of hydrogen-bond acceptors (Lipinski definition) is 4. The second-order valence-corrected chi connectivity index (χ2v) is 6.96. The van der Waals surface area contributed by atoms with Gasteiger partial charge in [-0.3, -0.25) is 4.79 Å². The van der Waals surface area contributed by atoms with Crippen LogP contribution in [0.3, 0.4) is 0 Å². The molecule has 0 radical (unpaired) electrons.